The van der Waals surface area contributed by atoms with E-state index in [-0.39, 0.29) is 6.04 Å². The van der Waals surface area contributed by atoms with Crippen molar-refractivity contribution in [1.29, 1.82) is 0 Å². The molecule has 5 nitrogen and oxygen atoms in total. The van der Waals surface area contributed by atoms with Crippen molar-refractivity contribution >= 4 is 15.9 Å². The number of methoxy groups -OCH3 is 2. The maximum absolute atomic E-state index is 5.73. The minimum absolute atomic E-state index is 0.0791. The lowest BCUT2D eigenvalue weighted by Crippen LogP contribution is -2.30. The smallest absolute Gasteiger partial charge is 0.141 e. The van der Waals surface area contributed by atoms with Crippen molar-refractivity contribution in [2.45, 2.75) is 12.5 Å². The minimum atomic E-state index is -0.0791. The van der Waals surface area contributed by atoms with Gasteiger partial charge in [0.1, 0.15) is 16.0 Å². The quantitative estimate of drug-likeness (QED) is 0.618. The molecule has 3 N–H and O–H groups in total. The van der Waals surface area contributed by atoms with Crippen molar-refractivity contribution in [3.8, 4) is 11.5 Å². The van der Waals surface area contributed by atoms with E-state index in [1.165, 1.54) is 0 Å². The first-order valence-corrected chi connectivity index (χ1v) is 7.26. The molecular formula is C15H18BrN3O2. The monoisotopic (exact) mass is 351 g/mol. The number of rotatable bonds is 6. The van der Waals surface area contributed by atoms with Crippen molar-refractivity contribution in [2.75, 3.05) is 14.2 Å². The van der Waals surface area contributed by atoms with Crippen molar-refractivity contribution in [3.63, 3.8) is 0 Å². The third-order valence-electron chi connectivity index (χ3n) is 3.28. The van der Waals surface area contributed by atoms with Crippen LogP contribution in [0.5, 0.6) is 11.5 Å². The maximum atomic E-state index is 5.73. The molecule has 0 aliphatic rings. The summed E-state index contributed by atoms with van der Waals surface area (Å²) in [5, 5.41) is 0. The Morgan fingerprint density at radius 2 is 1.90 bits per heavy atom. The Kier molecular flexibility index (Phi) is 5.55. The van der Waals surface area contributed by atoms with Crippen molar-refractivity contribution in [2.24, 2.45) is 5.84 Å². The van der Waals surface area contributed by atoms with Gasteiger partial charge in [-0.3, -0.25) is 16.3 Å². The molecule has 0 aliphatic heterocycles. The van der Waals surface area contributed by atoms with E-state index in [1.54, 1.807) is 26.6 Å². The van der Waals surface area contributed by atoms with Gasteiger partial charge in [-0.05, 0) is 52.2 Å². The fraction of sp³-hybridized carbons (Fsp3) is 0.267. The second-order valence-corrected chi connectivity index (χ2v) is 5.28. The largest absolute Gasteiger partial charge is 0.495 e. The highest BCUT2D eigenvalue weighted by Gasteiger charge is 2.20. The molecule has 1 unspecified atom stereocenters. The van der Waals surface area contributed by atoms with E-state index in [0.717, 1.165) is 27.8 Å². The second kappa shape index (κ2) is 7.40. The lowest BCUT2D eigenvalue weighted by atomic mass is 9.99. The summed E-state index contributed by atoms with van der Waals surface area (Å²) in [6.07, 6.45) is 4.27. The molecule has 0 amide bonds. The summed E-state index contributed by atoms with van der Waals surface area (Å²) in [6, 6.07) is 7.70. The summed E-state index contributed by atoms with van der Waals surface area (Å²) in [5.74, 6) is 7.16. The Morgan fingerprint density at radius 1 is 1.19 bits per heavy atom. The molecule has 0 bridgehead atoms. The molecule has 112 valence electrons. The van der Waals surface area contributed by atoms with Crippen LogP contribution in [0.3, 0.4) is 0 Å². The standard InChI is InChI=1S/C15H18BrN3O2/c1-20-13-4-3-11(15(21-2)14(13)16)12(19-17)9-10-5-7-18-8-6-10/h3-8,12,19H,9,17H2,1-2H3. The van der Waals surface area contributed by atoms with Gasteiger partial charge in [0.25, 0.3) is 0 Å². The summed E-state index contributed by atoms with van der Waals surface area (Å²) in [7, 11) is 3.25. The zero-order chi connectivity index (χ0) is 15.2. The highest BCUT2D eigenvalue weighted by Crippen LogP contribution is 2.40. The number of benzene rings is 1. The lowest BCUT2D eigenvalue weighted by Gasteiger charge is -2.21. The number of hydrogen-bond donors (Lipinski definition) is 2. The summed E-state index contributed by atoms with van der Waals surface area (Å²) in [4.78, 5) is 4.02. The minimum Gasteiger partial charge on any atom is -0.495 e. The van der Waals surface area contributed by atoms with E-state index in [1.807, 2.05) is 24.3 Å². The number of ether oxygens (including phenoxy) is 2. The zero-order valence-corrected chi connectivity index (χ0v) is 13.6. The number of hydrogen-bond acceptors (Lipinski definition) is 5. The van der Waals surface area contributed by atoms with Gasteiger partial charge < -0.3 is 9.47 Å². The first-order chi connectivity index (χ1) is 10.2. The molecule has 2 aromatic rings. The van der Waals surface area contributed by atoms with Crippen LogP contribution in [0.1, 0.15) is 17.2 Å². The zero-order valence-electron chi connectivity index (χ0n) is 12.0. The van der Waals surface area contributed by atoms with Crippen LogP contribution in [0, 0.1) is 0 Å². The van der Waals surface area contributed by atoms with Crippen molar-refractivity contribution in [3.05, 3.63) is 52.3 Å². The molecule has 0 saturated heterocycles. The van der Waals surface area contributed by atoms with Crippen LogP contribution in [-0.4, -0.2) is 19.2 Å². The first kappa shape index (κ1) is 15.8. The molecular weight excluding hydrogens is 334 g/mol. The molecule has 0 radical (unpaired) electrons. The Bertz CT molecular complexity index is 593. The average Bonchev–Trinajstić information content (AvgIpc) is 2.53. The van der Waals surface area contributed by atoms with Crippen LogP contribution in [0.4, 0.5) is 0 Å². The van der Waals surface area contributed by atoms with E-state index < -0.39 is 0 Å². The predicted molar refractivity (Wildman–Crippen MR) is 85.3 cm³/mol. The van der Waals surface area contributed by atoms with Crippen LogP contribution in [0.25, 0.3) is 0 Å². The summed E-state index contributed by atoms with van der Waals surface area (Å²) in [5.41, 5.74) is 4.95. The Morgan fingerprint density at radius 3 is 2.48 bits per heavy atom. The summed E-state index contributed by atoms with van der Waals surface area (Å²) < 4.78 is 11.6. The molecule has 1 aromatic heterocycles. The van der Waals surface area contributed by atoms with E-state index in [2.05, 4.69) is 26.3 Å². The molecule has 21 heavy (non-hydrogen) atoms. The molecule has 1 aromatic carbocycles. The van der Waals surface area contributed by atoms with Gasteiger partial charge in [0.15, 0.2) is 0 Å². The molecule has 0 aliphatic carbocycles. The Balaban J connectivity index is 2.36. The number of nitrogens with zero attached hydrogens (tertiary/aromatic N) is 1. The molecule has 0 fully saturated rings. The third-order valence-corrected chi connectivity index (χ3v) is 4.03. The van der Waals surface area contributed by atoms with Gasteiger partial charge in [0, 0.05) is 18.0 Å². The van der Waals surface area contributed by atoms with E-state index >= 15 is 0 Å². The fourth-order valence-corrected chi connectivity index (χ4v) is 2.89. The van der Waals surface area contributed by atoms with Gasteiger partial charge >= 0.3 is 0 Å². The van der Waals surface area contributed by atoms with Gasteiger partial charge in [0.05, 0.1) is 20.3 Å². The van der Waals surface area contributed by atoms with E-state index in [9.17, 15) is 0 Å². The lowest BCUT2D eigenvalue weighted by molar-refractivity contribution is 0.379. The number of halogens is 1. The highest BCUT2D eigenvalue weighted by molar-refractivity contribution is 9.10. The number of hydrazine groups is 1. The fourth-order valence-electron chi connectivity index (χ4n) is 2.21. The van der Waals surface area contributed by atoms with Gasteiger partial charge in [0.2, 0.25) is 0 Å². The van der Waals surface area contributed by atoms with Crippen LogP contribution in [0.2, 0.25) is 0 Å². The van der Waals surface area contributed by atoms with Gasteiger partial charge in [-0.1, -0.05) is 0 Å². The molecule has 2 rings (SSSR count). The normalized spacial score (nSPS) is 12.0. The van der Waals surface area contributed by atoms with Crippen molar-refractivity contribution < 1.29 is 9.47 Å². The van der Waals surface area contributed by atoms with Crippen LogP contribution >= 0.6 is 15.9 Å². The summed E-state index contributed by atoms with van der Waals surface area (Å²) in [6.45, 7) is 0. The molecule has 6 heteroatoms. The van der Waals surface area contributed by atoms with E-state index in [4.69, 9.17) is 15.3 Å². The number of nitrogens with two attached hydrogens (primary N) is 1. The topological polar surface area (TPSA) is 69.4 Å². The molecule has 1 heterocycles. The number of aromatic nitrogens is 1. The Hall–Kier alpha value is -1.63. The van der Waals surface area contributed by atoms with Gasteiger partial charge in [-0.2, -0.15) is 0 Å². The number of nitrogens with one attached hydrogen (secondary N) is 1. The Labute approximate surface area is 132 Å². The highest BCUT2D eigenvalue weighted by atomic mass is 79.9. The van der Waals surface area contributed by atoms with Crippen LogP contribution in [0.15, 0.2) is 41.1 Å². The second-order valence-electron chi connectivity index (χ2n) is 4.48. The van der Waals surface area contributed by atoms with E-state index in [0.29, 0.717) is 5.75 Å². The van der Waals surface area contributed by atoms with Gasteiger partial charge in [-0.15, -0.1) is 0 Å². The summed E-state index contributed by atoms with van der Waals surface area (Å²) >= 11 is 3.51. The maximum Gasteiger partial charge on any atom is 0.141 e. The van der Waals surface area contributed by atoms with Crippen molar-refractivity contribution in [1.82, 2.24) is 10.4 Å². The predicted octanol–water partition coefficient (Wildman–Crippen LogP) is 2.61. The van der Waals surface area contributed by atoms with Gasteiger partial charge in [-0.25, -0.2) is 0 Å². The SMILES string of the molecule is COc1ccc(C(Cc2ccncc2)NN)c(OC)c1Br. The van der Waals surface area contributed by atoms with Crippen LogP contribution < -0.4 is 20.7 Å². The average molecular weight is 352 g/mol. The number of pyridine rings is 1. The van der Waals surface area contributed by atoms with Crippen LogP contribution in [-0.2, 0) is 6.42 Å². The molecule has 0 saturated carbocycles. The third kappa shape index (κ3) is 3.53. The molecule has 0 spiro atoms. The molecule has 1 atom stereocenters. The first-order valence-electron chi connectivity index (χ1n) is 6.46.